The summed E-state index contributed by atoms with van der Waals surface area (Å²) in [6.45, 7) is 3.89. The van der Waals surface area contributed by atoms with Gasteiger partial charge in [-0.1, -0.05) is 13.8 Å². The number of nitrogens with zero attached hydrogens (tertiary/aromatic N) is 2. The highest BCUT2D eigenvalue weighted by Crippen LogP contribution is 2.38. The van der Waals surface area contributed by atoms with Crippen molar-refractivity contribution in [2.24, 2.45) is 0 Å². The summed E-state index contributed by atoms with van der Waals surface area (Å²) in [5.41, 5.74) is -0.199. The second-order valence-electron chi connectivity index (χ2n) is 4.57. The summed E-state index contributed by atoms with van der Waals surface area (Å²) in [6.07, 6.45) is 2.29. The van der Waals surface area contributed by atoms with Crippen molar-refractivity contribution >= 4 is 5.69 Å². The molecule has 0 aliphatic heterocycles. The largest absolute Gasteiger partial charge is 0.272 e. The maximum atomic E-state index is 14.1. The van der Waals surface area contributed by atoms with E-state index in [1.807, 2.05) is 13.8 Å². The molecule has 0 radical (unpaired) electrons. The summed E-state index contributed by atoms with van der Waals surface area (Å²) in [4.78, 5) is 10.0. The van der Waals surface area contributed by atoms with Gasteiger partial charge in [0.1, 0.15) is 5.82 Å². The van der Waals surface area contributed by atoms with Crippen molar-refractivity contribution in [2.45, 2.75) is 44.9 Å². The van der Waals surface area contributed by atoms with Crippen LogP contribution in [-0.2, 0) is 5.41 Å². The van der Waals surface area contributed by atoms with Crippen LogP contribution in [0.2, 0.25) is 0 Å². The molecule has 5 heteroatoms. The van der Waals surface area contributed by atoms with Crippen LogP contribution in [0.25, 0.3) is 0 Å². The molecule has 19 heavy (non-hydrogen) atoms. The number of nitro groups is 1. The molecule has 0 saturated carbocycles. The smallest absolute Gasteiger partial charge is 0.258 e. The number of non-ortho nitro benzene ring substituents is 1. The highest BCUT2D eigenvalue weighted by atomic mass is 19.1. The second-order valence-corrected chi connectivity index (χ2v) is 4.57. The van der Waals surface area contributed by atoms with Crippen molar-refractivity contribution in [3.8, 4) is 6.07 Å². The fourth-order valence-electron chi connectivity index (χ4n) is 2.46. The van der Waals surface area contributed by atoms with E-state index in [4.69, 9.17) is 5.26 Å². The quantitative estimate of drug-likeness (QED) is 0.574. The van der Waals surface area contributed by atoms with Gasteiger partial charge < -0.3 is 0 Å². The molecule has 0 bridgehead atoms. The zero-order valence-electron chi connectivity index (χ0n) is 11.1. The molecule has 0 aromatic heterocycles. The number of rotatable bonds is 6. The van der Waals surface area contributed by atoms with Gasteiger partial charge in [-0.3, -0.25) is 10.1 Å². The number of halogens is 1. The average molecular weight is 264 g/mol. The van der Waals surface area contributed by atoms with Gasteiger partial charge in [0.15, 0.2) is 0 Å². The van der Waals surface area contributed by atoms with E-state index in [0.29, 0.717) is 31.2 Å². The third-order valence-electron chi connectivity index (χ3n) is 3.80. The summed E-state index contributed by atoms with van der Waals surface area (Å²) in [7, 11) is 0. The predicted molar refractivity (Wildman–Crippen MR) is 70.2 cm³/mol. The molecular weight excluding hydrogens is 247 g/mol. The van der Waals surface area contributed by atoms with Gasteiger partial charge in [0.25, 0.3) is 5.69 Å². The van der Waals surface area contributed by atoms with E-state index < -0.39 is 16.2 Å². The Morgan fingerprint density at radius 3 is 2.47 bits per heavy atom. The van der Waals surface area contributed by atoms with Crippen LogP contribution < -0.4 is 0 Å². The van der Waals surface area contributed by atoms with Gasteiger partial charge in [-0.05, 0) is 36.3 Å². The number of hydrogen-bond donors (Lipinski definition) is 0. The maximum Gasteiger partial charge on any atom is 0.272 e. The van der Waals surface area contributed by atoms with E-state index in [2.05, 4.69) is 6.07 Å². The summed E-state index contributed by atoms with van der Waals surface area (Å²) < 4.78 is 14.1. The standard InChI is InChI=1S/C14H17FN2O2/c1-3-14(4-2,8-5-9-16)12-7-6-11(17(18)19)10-13(12)15/h6-7,10H,3-5,8H2,1-2H3. The van der Waals surface area contributed by atoms with Crippen LogP contribution in [0.1, 0.15) is 45.1 Å². The minimum atomic E-state index is -0.609. The molecule has 4 nitrogen and oxygen atoms in total. The average Bonchev–Trinajstić information content (AvgIpc) is 2.41. The first-order chi connectivity index (χ1) is 9.00. The number of benzene rings is 1. The molecule has 0 aliphatic carbocycles. The van der Waals surface area contributed by atoms with Crippen molar-refractivity contribution < 1.29 is 9.31 Å². The first-order valence-corrected chi connectivity index (χ1v) is 6.32. The zero-order valence-corrected chi connectivity index (χ0v) is 11.1. The predicted octanol–water partition coefficient (Wildman–Crippen LogP) is 4.10. The van der Waals surface area contributed by atoms with Gasteiger partial charge in [0.2, 0.25) is 0 Å². The number of nitro benzene ring substituents is 1. The molecule has 0 spiro atoms. The van der Waals surface area contributed by atoms with Crippen LogP contribution in [0.15, 0.2) is 18.2 Å². The topological polar surface area (TPSA) is 66.9 Å². The summed E-state index contributed by atoms with van der Waals surface area (Å²) in [5, 5.41) is 19.3. The lowest BCUT2D eigenvalue weighted by molar-refractivity contribution is -0.385. The Morgan fingerprint density at radius 1 is 1.42 bits per heavy atom. The molecule has 0 amide bonds. The first kappa shape index (κ1) is 15.1. The van der Waals surface area contributed by atoms with E-state index in [9.17, 15) is 14.5 Å². The molecule has 0 unspecified atom stereocenters. The van der Waals surface area contributed by atoms with Crippen LogP contribution in [-0.4, -0.2) is 4.92 Å². The minimum absolute atomic E-state index is 0.248. The third-order valence-corrected chi connectivity index (χ3v) is 3.80. The summed E-state index contributed by atoms with van der Waals surface area (Å²) in [5.74, 6) is -0.559. The van der Waals surface area contributed by atoms with Crippen molar-refractivity contribution in [3.63, 3.8) is 0 Å². The van der Waals surface area contributed by atoms with Crippen molar-refractivity contribution in [1.82, 2.24) is 0 Å². The first-order valence-electron chi connectivity index (χ1n) is 6.32. The third kappa shape index (κ3) is 3.08. The zero-order chi connectivity index (χ0) is 14.5. The molecule has 1 aromatic carbocycles. The van der Waals surface area contributed by atoms with Gasteiger partial charge in [-0.25, -0.2) is 4.39 Å². The molecule has 0 heterocycles. The fraction of sp³-hybridized carbons (Fsp3) is 0.500. The van der Waals surface area contributed by atoms with E-state index in [1.165, 1.54) is 12.1 Å². The van der Waals surface area contributed by atoms with Crippen LogP contribution in [0.5, 0.6) is 0 Å². The van der Waals surface area contributed by atoms with Crippen LogP contribution >= 0.6 is 0 Å². The van der Waals surface area contributed by atoms with Crippen molar-refractivity contribution in [2.75, 3.05) is 0 Å². The Hall–Kier alpha value is -1.96. The highest BCUT2D eigenvalue weighted by molar-refractivity contribution is 5.38. The SMILES string of the molecule is CCC(CC)(CCC#N)c1ccc([N+](=O)[O-])cc1F. The van der Waals surface area contributed by atoms with Gasteiger partial charge in [-0.15, -0.1) is 0 Å². The molecule has 0 atom stereocenters. The van der Waals surface area contributed by atoms with Crippen LogP contribution in [0, 0.1) is 27.3 Å². The van der Waals surface area contributed by atoms with Gasteiger partial charge in [0.05, 0.1) is 17.1 Å². The molecular formula is C14H17FN2O2. The Bertz CT molecular complexity index is 505. The Labute approximate surface area is 112 Å². The Kier molecular flexibility index (Phi) is 4.99. The maximum absolute atomic E-state index is 14.1. The number of nitriles is 1. The molecule has 0 saturated heterocycles. The molecule has 102 valence electrons. The molecule has 1 rings (SSSR count). The summed E-state index contributed by atoms with van der Waals surface area (Å²) in [6, 6.07) is 5.85. The fourth-order valence-corrected chi connectivity index (χ4v) is 2.46. The van der Waals surface area contributed by atoms with Gasteiger partial charge in [0, 0.05) is 12.5 Å². The molecule has 1 aromatic rings. The van der Waals surface area contributed by atoms with E-state index >= 15 is 0 Å². The van der Waals surface area contributed by atoms with Crippen molar-refractivity contribution in [1.29, 1.82) is 5.26 Å². The highest BCUT2D eigenvalue weighted by Gasteiger charge is 2.31. The lowest BCUT2D eigenvalue weighted by Crippen LogP contribution is -2.25. The van der Waals surface area contributed by atoms with Gasteiger partial charge in [-0.2, -0.15) is 5.26 Å². The second kappa shape index (κ2) is 6.28. The molecule has 0 aliphatic rings. The Balaban J connectivity index is 3.24. The lowest BCUT2D eigenvalue weighted by atomic mass is 9.72. The number of hydrogen-bond acceptors (Lipinski definition) is 3. The molecule has 0 fully saturated rings. The lowest BCUT2D eigenvalue weighted by Gasteiger charge is -2.32. The van der Waals surface area contributed by atoms with Crippen LogP contribution in [0.3, 0.4) is 0 Å². The normalized spacial score (nSPS) is 11.1. The van der Waals surface area contributed by atoms with E-state index in [1.54, 1.807) is 0 Å². The monoisotopic (exact) mass is 264 g/mol. The minimum Gasteiger partial charge on any atom is -0.258 e. The molecule has 0 N–H and O–H groups in total. The van der Waals surface area contributed by atoms with Crippen LogP contribution in [0.4, 0.5) is 10.1 Å². The van der Waals surface area contributed by atoms with Crippen molar-refractivity contribution in [3.05, 3.63) is 39.7 Å². The van der Waals surface area contributed by atoms with E-state index in [-0.39, 0.29) is 5.69 Å². The summed E-state index contributed by atoms with van der Waals surface area (Å²) >= 11 is 0. The van der Waals surface area contributed by atoms with Gasteiger partial charge >= 0.3 is 0 Å². The Morgan fingerprint density at radius 2 is 2.05 bits per heavy atom. The van der Waals surface area contributed by atoms with E-state index in [0.717, 1.165) is 6.07 Å².